The van der Waals surface area contributed by atoms with Gasteiger partial charge in [0.15, 0.2) is 0 Å². The van der Waals surface area contributed by atoms with E-state index >= 15 is 0 Å². The Hall–Kier alpha value is -2.82. The van der Waals surface area contributed by atoms with Crippen LogP contribution in [0.5, 0.6) is 5.75 Å². The van der Waals surface area contributed by atoms with Gasteiger partial charge in [-0.05, 0) is 49.4 Å². The van der Waals surface area contributed by atoms with Crippen molar-refractivity contribution in [2.75, 3.05) is 20.2 Å². The van der Waals surface area contributed by atoms with Gasteiger partial charge in [0.1, 0.15) is 5.75 Å². The molecule has 2 aromatic rings. The van der Waals surface area contributed by atoms with Crippen LogP contribution in [0, 0.1) is 5.41 Å². The maximum Gasteiger partial charge on any atom is 0.227 e. The molecule has 5 heteroatoms. The number of aryl methyl sites for hydroxylation is 1. The number of ether oxygens (including phenoxy) is 1. The number of carbonyl (C=O) groups is 2. The predicted octanol–water partition coefficient (Wildman–Crippen LogP) is 3.57. The Morgan fingerprint density at radius 2 is 1.79 bits per heavy atom. The zero-order valence-electron chi connectivity index (χ0n) is 17.3. The molecule has 0 unspecified atom stereocenters. The van der Waals surface area contributed by atoms with E-state index in [1.807, 2.05) is 66.4 Å². The number of carbonyl (C=O) groups excluding carboxylic acids is 2. The minimum atomic E-state index is -0.539. The van der Waals surface area contributed by atoms with Crippen LogP contribution in [0.15, 0.2) is 54.6 Å². The molecule has 1 fully saturated rings. The largest absolute Gasteiger partial charge is 0.497 e. The Labute approximate surface area is 173 Å². The minimum absolute atomic E-state index is 0.0222. The summed E-state index contributed by atoms with van der Waals surface area (Å²) < 4.78 is 5.17. The second-order valence-electron chi connectivity index (χ2n) is 8.00. The van der Waals surface area contributed by atoms with Crippen molar-refractivity contribution in [3.63, 3.8) is 0 Å². The fourth-order valence-electron chi connectivity index (χ4n) is 3.83. The molecule has 0 saturated carbocycles. The number of hydrogen-bond acceptors (Lipinski definition) is 3. The van der Waals surface area contributed by atoms with Crippen LogP contribution in [0.3, 0.4) is 0 Å². The second-order valence-corrected chi connectivity index (χ2v) is 8.00. The first kappa shape index (κ1) is 20.9. The number of methoxy groups -OCH3 is 1. The SMILES string of the molecule is COc1ccc(CCC(=O)N2CCC[C@](C)(C(=O)NCc3ccccc3)C2)cc1. The van der Waals surface area contributed by atoms with E-state index in [4.69, 9.17) is 4.74 Å². The van der Waals surface area contributed by atoms with E-state index in [0.717, 1.165) is 36.3 Å². The van der Waals surface area contributed by atoms with Gasteiger partial charge in [0.2, 0.25) is 11.8 Å². The Morgan fingerprint density at radius 3 is 2.48 bits per heavy atom. The van der Waals surface area contributed by atoms with Gasteiger partial charge in [0, 0.05) is 26.1 Å². The zero-order valence-corrected chi connectivity index (χ0v) is 17.3. The first-order chi connectivity index (χ1) is 14.0. The highest BCUT2D eigenvalue weighted by atomic mass is 16.5. The lowest BCUT2D eigenvalue weighted by molar-refractivity contribution is -0.140. The quantitative estimate of drug-likeness (QED) is 0.781. The Kier molecular flexibility index (Phi) is 6.91. The maximum atomic E-state index is 12.8. The van der Waals surface area contributed by atoms with E-state index in [1.165, 1.54) is 0 Å². The number of hydrogen-bond donors (Lipinski definition) is 1. The van der Waals surface area contributed by atoms with Crippen LogP contribution in [0.4, 0.5) is 0 Å². The van der Waals surface area contributed by atoms with Crippen molar-refractivity contribution >= 4 is 11.8 Å². The topological polar surface area (TPSA) is 58.6 Å². The fraction of sp³-hybridized carbons (Fsp3) is 0.417. The van der Waals surface area contributed by atoms with Crippen molar-refractivity contribution in [1.82, 2.24) is 10.2 Å². The highest BCUT2D eigenvalue weighted by Crippen LogP contribution is 2.30. The Bertz CT molecular complexity index is 820. The molecule has 1 N–H and O–H groups in total. The van der Waals surface area contributed by atoms with Crippen LogP contribution in [0.1, 0.15) is 37.3 Å². The van der Waals surface area contributed by atoms with Gasteiger partial charge in [-0.15, -0.1) is 0 Å². The lowest BCUT2D eigenvalue weighted by atomic mass is 9.80. The van der Waals surface area contributed by atoms with Crippen molar-refractivity contribution in [3.8, 4) is 5.75 Å². The maximum absolute atomic E-state index is 12.8. The van der Waals surface area contributed by atoms with Gasteiger partial charge in [-0.1, -0.05) is 42.5 Å². The van der Waals surface area contributed by atoms with Crippen LogP contribution in [-0.4, -0.2) is 36.9 Å². The average Bonchev–Trinajstić information content (AvgIpc) is 2.76. The number of benzene rings is 2. The summed E-state index contributed by atoms with van der Waals surface area (Å²) in [6, 6.07) is 17.7. The number of piperidine rings is 1. The molecule has 0 spiro atoms. The van der Waals surface area contributed by atoms with Gasteiger partial charge in [-0.25, -0.2) is 0 Å². The van der Waals surface area contributed by atoms with Gasteiger partial charge < -0.3 is 15.0 Å². The molecule has 1 aliphatic heterocycles. The van der Waals surface area contributed by atoms with E-state index in [9.17, 15) is 9.59 Å². The molecule has 2 aromatic carbocycles. The van der Waals surface area contributed by atoms with Crippen molar-refractivity contribution in [3.05, 3.63) is 65.7 Å². The summed E-state index contributed by atoms with van der Waals surface area (Å²) in [6.45, 7) is 3.69. The van der Waals surface area contributed by atoms with Gasteiger partial charge in [-0.3, -0.25) is 9.59 Å². The molecule has 3 rings (SSSR count). The molecule has 1 aliphatic rings. The lowest BCUT2D eigenvalue weighted by Gasteiger charge is -2.39. The smallest absolute Gasteiger partial charge is 0.227 e. The molecule has 1 atom stereocenters. The van der Waals surface area contributed by atoms with Crippen LogP contribution in [0.25, 0.3) is 0 Å². The highest BCUT2D eigenvalue weighted by Gasteiger charge is 2.38. The summed E-state index contributed by atoms with van der Waals surface area (Å²) in [6.07, 6.45) is 2.80. The van der Waals surface area contributed by atoms with Gasteiger partial charge in [-0.2, -0.15) is 0 Å². The molecule has 29 heavy (non-hydrogen) atoms. The van der Waals surface area contributed by atoms with E-state index in [-0.39, 0.29) is 11.8 Å². The fourth-order valence-corrected chi connectivity index (χ4v) is 3.83. The first-order valence-corrected chi connectivity index (χ1v) is 10.2. The van der Waals surface area contributed by atoms with Crippen molar-refractivity contribution < 1.29 is 14.3 Å². The van der Waals surface area contributed by atoms with Gasteiger partial charge in [0.25, 0.3) is 0 Å². The van der Waals surface area contributed by atoms with E-state index in [2.05, 4.69) is 5.32 Å². The molecule has 1 saturated heterocycles. The molecule has 0 radical (unpaired) electrons. The average molecular weight is 395 g/mol. The van der Waals surface area contributed by atoms with Crippen molar-refractivity contribution in [2.45, 2.75) is 39.2 Å². The number of likely N-dealkylation sites (tertiary alicyclic amines) is 1. The summed E-state index contributed by atoms with van der Waals surface area (Å²) in [4.78, 5) is 27.5. The van der Waals surface area contributed by atoms with Gasteiger partial charge in [0.05, 0.1) is 12.5 Å². The number of nitrogens with one attached hydrogen (secondary N) is 1. The lowest BCUT2D eigenvalue weighted by Crippen LogP contribution is -2.51. The zero-order chi connectivity index (χ0) is 20.7. The third-order valence-corrected chi connectivity index (χ3v) is 5.68. The van der Waals surface area contributed by atoms with E-state index in [0.29, 0.717) is 25.9 Å². The molecule has 5 nitrogen and oxygen atoms in total. The standard InChI is InChI=1S/C24H30N2O3/c1-24(23(28)25-17-20-7-4-3-5-8-20)15-6-16-26(18-24)22(27)14-11-19-9-12-21(29-2)13-10-19/h3-5,7-10,12-13H,6,11,14-18H2,1-2H3,(H,25,28)/t24-/m0/s1. The van der Waals surface area contributed by atoms with E-state index < -0.39 is 5.41 Å². The second kappa shape index (κ2) is 9.59. The summed E-state index contributed by atoms with van der Waals surface area (Å²) in [5.41, 5.74) is 1.65. The van der Waals surface area contributed by atoms with Crippen LogP contribution < -0.4 is 10.1 Å². The van der Waals surface area contributed by atoms with Crippen LogP contribution in [-0.2, 0) is 22.6 Å². The molecular weight excluding hydrogens is 364 g/mol. The van der Waals surface area contributed by atoms with Crippen LogP contribution in [0.2, 0.25) is 0 Å². The third kappa shape index (κ3) is 5.59. The number of amides is 2. The molecule has 1 heterocycles. The first-order valence-electron chi connectivity index (χ1n) is 10.2. The molecule has 0 aromatic heterocycles. The summed E-state index contributed by atoms with van der Waals surface area (Å²) in [5.74, 6) is 0.949. The number of rotatable bonds is 7. The van der Waals surface area contributed by atoms with Crippen molar-refractivity contribution in [1.29, 1.82) is 0 Å². The van der Waals surface area contributed by atoms with Crippen LogP contribution >= 0.6 is 0 Å². The monoisotopic (exact) mass is 394 g/mol. The molecule has 2 amide bonds. The third-order valence-electron chi connectivity index (χ3n) is 5.68. The minimum Gasteiger partial charge on any atom is -0.497 e. The van der Waals surface area contributed by atoms with Crippen molar-refractivity contribution in [2.24, 2.45) is 5.41 Å². The molecule has 0 aliphatic carbocycles. The summed E-state index contributed by atoms with van der Waals surface area (Å²) in [5, 5.41) is 3.05. The molecular formula is C24H30N2O3. The summed E-state index contributed by atoms with van der Waals surface area (Å²) in [7, 11) is 1.64. The Balaban J connectivity index is 1.52. The predicted molar refractivity (Wildman–Crippen MR) is 114 cm³/mol. The highest BCUT2D eigenvalue weighted by molar-refractivity contribution is 5.84. The number of nitrogens with zero attached hydrogens (tertiary/aromatic N) is 1. The summed E-state index contributed by atoms with van der Waals surface area (Å²) >= 11 is 0. The van der Waals surface area contributed by atoms with E-state index in [1.54, 1.807) is 7.11 Å². The normalized spacial score (nSPS) is 18.9. The molecule has 154 valence electrons. The van der Waals surface area contributed by atoms with Gasteiger partial charge >= 0.3 is 0 Å². The molecule has 0 bridgehead atoms. The Morgan fingerprint density at radius 1 is 1.07 bits per heavy atom.